The molecule has 0 amide bonds. The second kappa shape index (κ2) is 6.32. The minimum Gasteiger partial charge on any atom is -0.484 e. The molecule has 6 heteroatoms. The SMILES string of the molecule is O=C1C(=O)c2ccc(-c3cccnc3)cc2C2=C1SCC1(CCNCC1)O2. The van der Waals surface area contributed by atoms with Gasteiger partial charge in [0.1, 0.15) is 16.3 Å². The Morgan fingerprint density at radius 2 is 1.89 bits per heavy atom. The lowest BCUT2D eigenvalue weighted by atomic mass is 9.89. The summed E-state index contributed by atoms with van der Waals surface area (Å²) in [7, 11) is 0. The number of rotatable bonds is 1. The third kappa shape index (κ3) is 2.71. The molecule has 1 aromatic carbocycles. The molecule has 27 heavy (non-hydrogen) atoms. The second-order valence-electron chi connectivity index (χ2n) is 7.14. The Morgan fingerprint density at radius 3 is 2.67 bits per heavy atom. The van der Waals surface area contributed by atoms with Crippen LogP contribution in [-0.2, 0) is 9.53 Å². The van der Waals surface area contributed by atoms with E-state index in [2.05, 4.69) is 10.3 Å². The lowest BCUT2D eigenvalue weighted by molar-refractivity contribution is -0.111. The van der Waals surface area contributed by atoms with Crippen molar-refractivity contribution in [3.8, 4) is 11.1 Å². The van der Waals surface area contributed by atoms with Gasteiger partial charge in [0.25, 0.3) is 0 Å². The monoisotopic (exact) mass is 378 g/mol. The molecule has 136 valence electrons. The number of pyridine rings is 1. The molecule has 0 saturated carbocycles. The molecule has 3 aliphatic rings. The molecule has 2 aliphatic heterocycles. The van der Waals surface area contributed by atoms with Gasteiger partial charge in [0.15, 0.2) is 0 Å². The number of hydrogen-bond acceptors (Lipinski definition) is 6. The number of nitrogens with one attached hydrogen (secondary N) is 1. The van der Waals surface area contributed by atoms with E-state index in [1.807, 2.05) is 24.3 Å². The molecule has 5 nitrogen and oxygen atoms in total. The number of aromatic nitrogens is 1. The highest BCUT2D eigenvalue weighted by Crippen LogP contribution is 2.47. The average molecular weight is 378 g/mol. The Kier molecular flexibility index (Phi) is 3.91. The molecule has 2 aromatic rings. The third-order valence-corrected chi connectivity index (χ3v) is 6.77. The first-order valence-electron chi connectivity index (χ1n) is 9.08. The summed E-state index contributed by atoms with van der Waals surface area (Å²) in [5.41, 5.74) is 2.80. The van der Waals surface area contributed by atoms with Crippen molar-refractivity contribution in [3.63, 3.8) is 0 Å². The van der Waals surface area contributed by atoms with Gasteiger partial charge >= 0.3 is 0 Å². The van der Waals surface area contributed by atoms with Crippen LogP contribution in [-0.4, -0.2) is 41.0 Å². The fourth-order valence-corrected chi connectivity index (χ4v) is 5.17. The zero-order valence-corrected chi connectivity index (χ0v) is 15.5. The van der Waals surface area contributed by atoms with Crippen molar-refractivity contribution >= 4 is 29.1 Å². The number of Topliss-reactive ketones (excluding diaryl/α,β-unsaturated/α-hetero) is 2. The molecule has 1 N–H and O–H groups in total. The number of ketones is 2. The Morgan fingerprint density at radius 1 is 1.04 bits per heavy atom. The fraction of sp³-hybridized carbons (Fsp3) is 0.286. The molecule has 1 aromatic heterocycles. The zero-order valence-electron chi connectivity index (χ0n) is 14.7. The Balaban J connectivity index is 1.63. The highest BCUT2D eigenvalue weighted by atomic mass is 32.2. The number of carbonyl (C=O) groups excluding carboxylic acids is 2. The van der Waals surface area contributed by atoms with E-state index < -0.39 is 11.6 Å². The number of carbonyl (C=O) groups is 2. The van der Waals surface area contributed by atoms with Crippen molar-refractivity contribution in [3.05, 3.63) is 58.8 Å². The number of ether oxygens (including phenoxy) is 1. The molecular weight excluding hydrogens is 360 g/mol. The predicted octanol–water partition coefficient (Wildman–Crippen LogP) is 3.07. The average Bonchev–Trinajstić information content (AvgIpc) is 2.73. The van der Waals surface area contributed by atoms with Crippen LogP contribution in [0, 0.1) is 0 Å². The molecule has 1 fully saturated rings. The fourth-order valence-electron chi connectivity index (χ4n) is 3.90. The van der Waals surface area contributed by atoms with Gasteiger partial charge in [0.05, 0.1) is 0 Å². The summed E-state index contributed by atoms with van der Waals surface area (Å²) < 4.78 is 6.49. The summed E-state index contributed by atoms with van der Waals surface area (Å²) in [5, 5.41) is 3.36. The van der Waals surface area contributed by atoms with E-state index in [1.54, 1.807) is 18.5 Å². The van der Waals surface area contributed by atoms with Gasteiger partial charge < -0.3 is 10.1 Å². The number of benzene rings is 1. The molecule has 0 unspecified atom stereocenters. The molecule has 0 bridgehead atoms. The maximum absolute atomic E-state index is 12.6. The summed E-state index contributed by atoms with van der Waals surface area (Å²) >= 11 is 1.47. The van der Waals surface area contributed by atoms with Crippen molar-refractivity contribution < 1.29 is 14.3 Å². The van der Waals surface area contributed by atoms with E-state index >= 15 is 0 Å². The van der Waals surface area contributed by atoms with Crippen LogP contribution in [0.15, 0.2) is 47.6 Å². The van der Waals surface area contributed by atoms with Crippen molar-refractivity contribution in [2.24, 2.45) is 0 Å². The van der Waals surface area contributed by atoms with Gasteiger partial charge in [-0.3, -0.25) is 14.6 Å². The topological polar surface area (TPSA) is 68.3 Å². The molecule has 3 heterocycles. The van der Waals surface area contributed by atoms with Crippen LogP contribution in [0.2, 0.25) is 0 Å². The van der Waals surface area contributed by atoms with Gasteiger partial charge in [-0.05, 0) is 36.9 Å². The highest BCUT2D eigenvalue weighted by molar-refractivity contribution is 8.04. The smallest absolute Gasteiger partial charge is 0.243 e. The second-order valence-corrected chi connectivity index (χ2v) is 8.13. The molecular formula is C21H18N2O3S. The molecule has 5 rings (SSSR count). The number of piperidine rings is 1. The van der Waals surface area contributed by atoms with Gasteiger partial charge in [-0.2, -0.15) is 0 Å². The van der Waals surface area contributed by atoms with E-state index in [9.17, 15) is 9.59 Å². The number of nitrogens with zero attached hydrogens (tertiary/aromatic N) is 1. The first-order valence-corrected chi connectivity index (χ1v) is 10.1. The standard InChI is InChI=1S/C21H18N2O3S/c24-17-15-4-3-13(14-2-1-7-23-11-14)10-16(15)19-20(18(17)25)27-12-21(26-19)5-8-22-9-6-21/h1-4,7,10-11,22H,5-6,8-9,12H2. The van der Waals surface area contributed by atoms with Crippen LogP contribution in [0.4, 0.5) is 0 Å². The van der Waals surface area contributed by atoms with Crippen molar-refractivity contribution in [1.29, 1.82) is 0 Å². The molecule has 1 saturated heterocycles. The normalized spacial score (nSPS) is 20.9. The van der Waals surface area contributed by atoms with E-state index in [0.29, 0.717) is 22.0 Å². The summed E-state index contributed by atoms with van der Waals surface area (Å²) in [5.74, 6) is 0.405. The summed E-state index contributed by atoms with van der Waals surface area (Å²) in [6.07, 6.45) is 5.32. The van der Waals surface area contributed by atoms with E-state index in [-0.39, 0.29) is 5.60 Å². The van der Waals surface area contributed by atoms with Crippen LogP contribution < -0.4 is 5.32 Å². The van der Waals surface area contributed by atoms with Crippen molar-refractivity contribution in [2.45, 2.75) is 18.4 Å². The number of allylic oxidation sites excluding steroid dienone is 1. The summed E-state index contributed by atoms with van der Waals surface area (Å²) in [6.45, 7) is 1.80. The third-order valence-electron chi connectivity index (χ3n) is 5.44. The number of fused-ring (bicyclic) bond motifs is 2. The Hall–Kier alpha value is -2.44. The van der Waals surface area contributed by atoms with Gasteiger partial charge in [-0.1, -0.05) is 12.1 Å². The van der Waals surface area contributed by atoms with E-state index in [1.165, 1.54) is 11.8 Å². The van der Waals surface area contributed by atoms with E-state index in [0.717, 1.165) is 42.6 Å². The minimum atomic E-state index is -0.446. The summed E-state index contributed by atoms with van der Waals surface area (Å²) in [6, 6.07) is 9.41. The maximum atomic E-state index is 12.6. The van der Waals surface area contributed by atoms with Crippen molar-refractivity contribution in [2.75, 3.05) is 18.8 Å². The van der Waals surface area contributed by atoms with Crippen molar-refractivity contribution in [1.82, 2.24) is 10.3 Å². The minimum absolute atomic E-state index is 0.267. The van der Waals surface area contributed by atoms with Gasteiger partial charge in [0.2, 0.25) is 11.6 Å². The van der Waals surface area contributed by atoms with Gasteiger partial charge in [-0.15, -0.1) is 11.8 Å². The molecule has 0 atom stereocenters. The quantitative estimate of drug-likeness (QED) is 0.769. The Bertz CT molecular complexity index is 978. The lowest BCUT2D eigenvalue weighted by Gasteiger charge is -2.43. The number of thioether (sulfide) groups is 1. The first-order chi connectivity index (χ1) is 13.2. The van der Waals surface area contributed by atoms with Crippen LogP contribution in [0.1, 0.15) is 28.8 Å². The highest BCUT2D eigenvalue weighted by Gasteiger charge is 2.45. The van der Waals surface area contributed by atoms with Crippen LogP contribution in [0.25, 0.3) is 16.9 Å². The largest absolute Gasteiger partial charge is 0.484 e. The molecule has 1 aliphatic carbocycles. The maximum Gasteiger partial charge on any atom is 0.243 e. The first kappa shape index (κ1) is 16.7. The van der Waals surface area contributed by atoms with Crippen LogP contribution >= 0.6 is 11.8 Å². The van der Waals surface area contributed by atoms with Gasteiger partial charge in [0, 0.05) is 47.7 Å². The zero-order chi connectivity index (χ0) is 18.4. The molecule has 1 spiro atoms. The van der Waals surface area contributed by atoms with Gasteiger partial charge in [-0.25, -0.2) is 0 Å². The summed E-state index contributed by atoms with van der Waals surface area (Å²) in [4.78, 5) is 29.9. The van der Waals surface area contributed by atoms with Crippen LogP contribution in [0.5, 0.6) is 0 Å². The van der Waals surface area contributed by atoms with Crippen LogP contribution in [0.3, 0.4) is 0 Å². The molecule has 0 radical (unpaired) electrons. The predicted molar refractivity (Wildman–Crippen MR) is 104 cm³/mol. The number of hydrogen-bond donors (Lipinski definition) is 1. The Labute approximate surface area is 161 Å². The lowest BCUT2D eigenvalue weighted by Crippen LogP contribution is -2.48. The van der Waals surface area contributed by atoms with E-state index in [4.69, 9.17) is 4.74 Å².